The van der Waals surface area contributed by atoms with Crippen LogP contribution in [0.4, 0.5) is 0 Å². The minimum Gasteiger partial charge on any atom is -0.757 e. The molecule has 2 atom stereocenters. The third-order valence-corrected chi connectivity index (χ3v) is 5.97. The van der Waals surface area contributed by atoms with Gasteiger partial charge >= 0.3 is 5.70 Å². The molecule has 2 aromatic rings. The lowest BCUT2D eigenvalue weighted by atomic mass is 9.97. The fourth-order valence-electron chi connectivity index (χ4n) is 4.29. The lowest BCUT2D eigenvalue weighted by molar-refractivity contribution is -0.476. The summed E-state index contributed by atoms with van der Waals surface area (Å²) in [5.74, 6) is 2.51. The zero-order chi connectivity index (χ0) is 20.1. The molecule has 1 aliphatic heterocycles. The van der Waals surface area contributed by atoms with E-state index in [-0.39, 0.29) is 22.9 Å². The highest BCUT2D eigenvalue weighted by molar-refractivity contribution is 6.13. The first kappa shape index (κ1) is 18.1. The largest absolute Gasteiger partial charge is 0.757 e. The van der Waals surface area contributed by atoms with Gasteiger partial charge in [-0.25, -0.2) is 0 Å². The quantitative estimate of drug-likeness (QED) is 0.450. The van der Waals surface area contributed by atoms with Crippen molar-refractivity contribution in [1.82, 2.24) is 0 Å². The van der Waals surface area contributed by atoms with Crippen LogP contribution in [-0.4, -0.2) is 22.0 Å². The number of rotatable bonds is 3. The van der Waals surface area contributed by atoms with Gasteiger partial charge in [0.15, 0.2) is 6.07 Å². The molecule has 0 unspecified atom stereocenters. The van der Waals surface area contributed by atoms with Gasteiger partial charge in [-0.3, -0.25) is 0 Å². The van der Waals surface area contributed by atoms with Crippen molar-refractivity contribution in [1.29, 1.82) is 5.26 Å². The summed E-state index contributed by atoms with van der Waals surface area (Å²) in [4.78, 5) is 0. The highest BCUT2D eigenvalue weighted by atomic mass is 15.4. The van der Waals surface area contributed by atoms with E-state index in [0.29, 0.717) is 0 Å². The smallest absolute Gasteiger partial charge is 0.335 e. The monoisotopic (exact) mass is 366 g/mol. The molecule has 0 radical (unpaired) electrons. The third-order valence-electron chi connectivity index (χ3n) is 5.97. The van der Waals surface area contributed by atoms with Gasteiger partial charge in [0, 0.05) is 22.1 Å². The highest BCUT2D eigenvalue weighted by Crippen LogP contribution is 2.62. The lowest BCUT2D eigenvalue weighted by Gasteiger charge is -2.12. The Morgan fingerprint density at radius 3 is 2.00 bits per heavy atom. The van der Waals surface area contributed by atoms with E-state index < -0.39 is 0 Å². The van der Waals surface area contributed by atoms with Crippen LogP contribution < -0.4 is 0 Å². The van der Waals surface area contributed by atoms with E-state index in [4.69, 9.17) is 5.10 Å². The molecule has 1 saturated carbocycles. The molecule has 0 N–H and O–H groups in total. The van der Waals surface area contributed by atoms with Crippen LogP contribution in [0.2, 0.25) is 0 Å². The van der Waals surface area contributed by atoms with Gasteiger partial charge in [-0.1, -0.05) is 61.4 Å². The summed E-state index contributed by atoms with van der Waals surface area (Å²) in [6.07, 6.45) is 0. The van der Waals surface area contributed by atoms with Crippen molar-refractivity contribution in [3.63, 3.8) is 0 Å². The summed E-state index contributed by atoms with van der Waals surface area (Å²) in [7, 11) is 0. The predicted octanol–water partition coefficient (Wildman–Crippen LogP) is 4.44. The van der Waals surface area contributed by atoms with Crippen LogP contribution in [0.15, 0.2) is 59.3 Å². The standard InChI is InChI=1S/C24H22N4/c1-15-5-9-17(10-6-15)22-20-21(24(20,3)4)23(18-11-7-16(2)8-12-18)28(27-22)19(13-25)14-26/h5-12,20-21H,1-4H3/t20-,21+/m0/s1. The van der Waals surface area contributed by atoms with Crippen LogP contribution in [0.25, 0.3) is 5.41 Å². The summed E-state index contributed by atoms with van der Waals surface area (Å²) in [6, 6.07) is 18.6. The van der Waals surface area contributed by atoms with Crippen molar-refractivity contribution in [3.05, 3.63) is 81.9 Å². The zero-order valence-corrected chi connectivity index (χ0v) is 16.6. The number of nitriles is 1. The molecule has 1 fully saturated rings. The van der Waals surface area contributed by atoms with Crippen LogP contribution >= 0.6 is 0 Å². The topological polar surface area (TPSA) is 61.5 Å². The maximum Gasteiger partial charge on any atom is 0.335 e. The maximum absolute atomic E-state index is 9.58. The van der Waals surface area contributed by atoms with Crippen LogP contribution in [-0.2, 0) is 0 Å². The van der Waals surface area contributed by atoms with Crippen molar-refractivity contribution in [3.8, 4) is 6.07 Å². The normalized spacial score (nSPS) is 21.9. The fourth-order valence-corrected chi connectivity index (χ4v) is 4.29. The van der Waals surface area contributed by atoms with Gasteiger partial charge in [0.1, 0.15) is 5.71 Å². The molecule has 0 aromatic heterocycles. The van der Waals surface area contributed by atoms with Crippen molar-refractivity contribution in [2.45, 2.75) is 27.7 Å². The third kappa shape index (κ3) is 2.72. The molecule has 2 aliphatic rings. The summed E-state index contributed by atoms with van der Waals surface area (Å²) >= 11 is 0. The van der Waals surface area contributed by atoms with E-state index in [0.717, 1.165) is 22.6 Å². The number of aryl methyl sites for hydroxylation is 2. The average Bonchev–Trinajstić information content (AvgIpc) is 3.26. The first-order valence-electron chi connectivity index (χ1n) is 9.45. The number of allylic oxidation sites excluding steroid dienone is 1. The van der Waals surface area contributed by atoms with Crippen LogP contribution in [0.3, 0.4) is 0 Å². The molecule has 4 nitrogen and oxygen atoms in total. The molecule has 1 heterocycles. The zero-order valence-electron chi connectivity index (χ0n) is 16.6. The van der Waals surface area contributed by atoms with E-state index in [9.17, 15) is 10.7 Å². The molecule has 2 aromatic carbocycles. The molecule has 4 rings (SSSR count). The molecular formula is C24H22N4. The van der Waals surface area contributed by atoms with Gasteiger partial charge in [0.2, 0.25) is 5.71 Å². The number of hydrazone groups is 1. The predicted molar refractivity (Wildman–Crippen MR) is 112 cm³/mol. The first-order chi connectivity index (χ1) is 13.4. The molecule has 4 heteroatoms. The Labute approximate surface area is 165 Å². The van der Waals surface area contributed by atoms with E-state index in [2.05, 4.69) is 69.3 Å². The second-order valence-corrected chi connectivity index (χ2v) is 8.26. The molecular weight excluding hydrogens is 344 g/mol. The van der Waals surface area contributed by atoms with Gasteiger partial charge in [-0.2, -0.15) is 11.1 Å². The summed E-state index contributed by atoms with van der Waals surface area (Å²) < 4.78 is 1.58. The molecule has 0 bridgehead atoms. The van der Waals surface area contributed by atoms with Crippen LogP contribution in [0.1, 0.15) is 36.1 Å². The second kappa shape index (κ2) is 6.41. The average molecular weight is 366 g/mol. The molecule has 0 spiro atoms. The van der Waals surface area contributed by atoms with Crippen LogP contribution in [0.5, 0.6) is 0 Å². The van der Waals surface area contributed by atoms with E-state index in [1.807, 2.05) is 18.9 Å². The van der Waals surface area contributed by atoms with Gasteiger partial charge in [0.05, 0.1) is 5.92 Å². The SMILES string of the molecule is Cc1ccc(C2=N[N+](C(=C=[N-])C#N)=C(c3ccc(C)cc3)[C@H]3[C@@H]2C3(C)C)cc1. The summed E-state index contributed by atoms with van der Waals surface area (Å²) in [6.45, 7) is 8.58. The summed E-state index contributed by atoms with van der Waals surface area (Å²) in [5, 5.41) is 24.0. The van der Waals surface area contributed by atoms with Crippen molar-refractivity contribution >= 4 is 17.3 Å². The van der Waals surface area contributed by atoms with Gasteiger partial charge in [-0.05, 0) is 36.1 Å². The highest BCUT2D eigenvalue weighted by Gasteiger charge is 2.68. The first-order valence-corrected chi connectivity index (χ1v) is 9.45. The molecule has 138 valence electrons. The number of benzene rings is 2. The van der Waals surface area contributed by atoms with E-state index in [1.165, 1.54) is 11.1 Å². The Kier molecular flexibility index (Phi) is 4.14. The molecule has 1 aliphatic carbocycles. The van der Waals surface area contributed by atoms with Gasteiger partial charge in [0.25, 0.3) is 0 Å². The Morgan fingerprint density at radius 2 is 1.50 bits per heavy atom. The number of fused-ring (bicyclic) bond motifs is 1. The Morgan fingerprint density at radius 1 is 0.964 bits per heavy atom. The number of hydrogen-bond acceptors (Lipinski definition) is 2. The fraction of sp³-hybridized carbons (Fsp3) is 0.292. The maximum atomic E-state index is 9.58. The Hall–Kier alpha value is -3.28. The Bertz CT molecular complexity index is 1100. The van der Waals surface area contributed by atoms with Gasteiger partial charge < -0.3 is 5.41 Å². The lowest BCUT2D eigenvalue weighted by Crippen LogP contribution is -2.28. The number of nitrogens with zero attached hydrogens (tertiary/aromatic N) is 4. The molecule has 0 saturated heterocycles. The van der Waals surface area contributed by atoms with E-state index in [1.54, 1.807) is 4.68 Å². The number of hydrogen-bond donors (Lipinski definition) is 0. The van der Waals surface area contributed by atoms with E-state index >= 15 is 0 Å². The molecule has 28 heavy (non-hydrogen) atoms. The van der Waals surface area contributed by atoms with Crippen LogP contribution in [0, 0.1) is 42.4 Å². The minimum atomic E-state index is 0.00124. The van der Waals surface area contributed by atoms with Crippen molar-refractivity contribution < 1.29 is 4.68 Å². The minimum absolute atomic E-state index is 0.00124. The van der Waals surface area contributed by atoms with Crippen molar-refractivity contribution in [2.24, 2.45) is 22.4 Å². The second-order valence-electron chi connectivity index (χ2n) is 8.26. The van der Waals surface area contributed by atoms with Crippen molar-refractivity contribution in [2.75, 3.05) is 0 Å². The Balaban J connectivity index is 1.98. The van der Waals surface area contributed by atoms with Gasteiger partial charge in [-0.15, -0.1) is 0 Å². The molecule has 0 amide bonds. The summed E-state index contributed by atoms with van der Waals surface area (Å²) in [5.41, 5.74) is 6.34.